The number of nitrogens with one attached hydrogen (secondary N) is 1. The van der Waals surface area contributed by atoms with Crippen LogP contribution >= 0.6 is 0 Å². The number of hydrogen-bond donors (Lipinski definition) is 1. The minimum atomic E-state index is -3.01. The molecule has 7 heteroatoms. The van der Waals surface area contributed by atoms with Gasteiger partial charge in [0.05, 0.1) is 23.2 Å². The SMILES string of the molecule is Cc1cccc(C(=O)Nc2cc(C)nn2C2CCS(=O)(=O)C2)c1. The van der Waals surface area contributed by atoms with E-state index < -0.39 is 9.84 Å². The van der Waals surface area contributed by atoms with E-state index in [0.29, 0.717) is 17.8 Å². The molecule has 0 aliphatic carbocycles. The Hall–Kier alpha value is -2.15. The van der Waals surface area contributed by atoms with Crippen molar-refractivity contribution in [2.24, 2.45) is 0 Å². The summed E-state index contributed by atoms with van der Waals surface area (Å²) in [5, 5.41) is 7.21. The van der Waals surface area contributed by atoms with Crippen molar-refractivity contribution in [2.75, 3.05) is 16.8 Å². The van der Waals surface area contributed by atoms with Gasteiger partial charge in [-0.15, -0.1) is 0 Å². The van der Waals surface area contributed by atoms with Gasteiger partial charge in [0.2, 0.25) is 0 Å². The maximum atomic E-state index is 12.4. The summed E-state index contributed by atoms with van der Waals surface area (Å²) in [5.41, 5.74) is 2.31. The van der Waals surface area contributed by atoms with E-state index in [1.54, 1.807) is 16.8 Å². The molecule has 1 amide bonds. The summed E-state index contributed by atoms with van der Waals surface area (Å²) in [7, 11) is -3.01. The van der Waals surface area contributed by atoms with Gasteiger partial charge in [0, 0.05) is 11.6 Å². The molecule has 0 saturated carbocycles. The van der Waals surface area contributed by atoms with Crippen molar-refractivity contribution >= 4 is 21.6 Å². The number of amides is 1. The number of carbonyl (C=O) groups excluding carboxylic acids is 1. The van der Waals surface area contributed by atoms with Gasteiger partial charge in [0.25, 0.3) is 5.91 Å². The molecule has 1 aliphatic rings. The van der Waals surface area contributed by atoms with Crippen LogP contribution in [0.25, 0.3) is 0 Å². The van der Waals surface area contributed by atoms with Crippen molar-refractivity contribution in [3.63, 3.8) is 0 Å². The third kappa shape index (κ3) is 3.44. The van der Waals surface area contributed by atoms with Gasteiger partial charge in [-0.3, -0.25) is 4.79 Å². The highest BCUT2D eigenvalue weighted by atomic mass is 32.2. The second-order valence-corrected chi connectivity index (χ2v) is 8.22. The van der Waals surface area contributed by atoms with Crippen molar-refractivity contribution in [1.29, 1.82) is 0 Å². The normalized spacial score (nSPS) is 19.7. The van der Waals surface area contributed by atoms with Gasteiger partial charge in [-0.1, -0.05) is 17.7 Å². The number of sulfone groups is 1. The fraction of sp³-hybridized carbons (Fsp3) is 0.375. The van der Waals surface area contributed by atoms with E-state index >= 15 is 0 Å². The molecule has 0 bridgehead atoms. The Bertz CT molecular complexity index is 855. The molecule has 1 unspecified atom stereocenters. The molecule has 122 valence electrons. The van der Waals surface area contributed by atoms with Crippen LogP contribution in [-0.4, -0.2) is 35.6 Å². The highest BCUT2D eigenvalue weighted by Gasteiger charge is 2.31. The molecule has 1 aromatic carbocycles. The van der Waals surface area contributed by atoms with Crippen LogP contribution in [0.1, 0.15) is 34.1 Å². The highest BCUT2D eigenvalue weighted by molar-refractivity contribution is 7.91. The summed E-state index contributed by atoms with van der Waals surface area (Å²) in [5.74, 6) is 0.551. The number of nitrogens with zero attached hydrogens (tertiary/aromatic N) is 2. The van der Waals surface area contributed by atoms with E-state index in [1.165, 1.54) is 0 Å². The highest BCUT2D eigenvalue weighted by Crippen LogP contribution is 2.27. The maximum absolute atomic E-state index is 12.4. The van der Waals surface area contributed by atoms with Crippen LogP contribution in [0.2, 0.25) is 0 Å². The fourth-order valence-corrected chi connectivity index (χ4v) is 4.52. The van der Waals surface area contributed by atoms with Gasteiger partial charge in [0.15, 0.2) is 9.84 Å². The lowest BCUT2D eigenvalue weighted by Gasteiger charge is -2.14. The number of aromatic nitrogens is 2. The molecule has 2 heterocycles. The third-order valence-corrected chi connectivity index (χ3v) is 5.68. The summed E-state index contributed by atoms with van der Waals surface area (Å²) in [6, 6.07) is 8.85. The Morgan fingerprint density at radius 3 is 2.74 bits per heavy atom. The number of hydrogen-bond acceptors (Lipinski definition) is 4. The molecule has 1 saturated heterocycles. The number of rotatable bonds is 3. The lowest BCUT2D eigenvalue weighted by Crippen LogP contribution is -2.19. The van der Waals surface area contributed by atoms with Crippen LogP contribution in [-0.2, 0) is 9.84 Å². The molecule has 2 aromatic rings. The number of anilines is 1. The average Bonchev–Trinajstić information content (AvgIpc) is 3.01. The first-order valence-corrected chi connectivity index (χ1v) is 9.31. The quantitative estimate of drug-likeness (QED) is 0.933. The molecular formula is C16H19N3O3S. The largest absolute Gasteiger partial charge is 0.307 e. The van der Waals surface area contributed by atoms with E-state index in [9.17, 15) is 13.2 Å². The molecule has 1 fully saturated rings. The molecule has 1 N–H and O–H groups in total. The van der Waals surface area contributed by atoms with Crippen molar-refractivity contribution < 1.29 is 13.2 Å². The van der Waals surface area contributed by atoms with E-state index in [0.717, 1.165) is 11.3 Å². The van der Waals surface area contributed by atoms with Crippen LogP contribution < -0.4 is 5.32 Å². The predicted molar refractivity (Wildman–Crippen MR) is 88.4 cm³/mol. The van der Waals surface area contributed by atoms with E-state index in [1.807, 2.05) is 32.0 Å². The van der Waals surface area contributed by atoms with Crippen LogP contribution in [0, 0.1) is 13.8 Å². The van der Waals surface area contributed by atoms with Crippen molar-refractivity contribution in [1.82, 2.24) is 9.78 Å². The second-order valence-electron chi connectivity index (χ2n) is 6.00. The fourth-order valence-electron chi connectivity index (χ4n) is 2.83. The molecule has 1 aliphatic heterocycles. The Labute approximate surface area is 135 Å². The number of benzene rings is 1. The molecule has 6 nitrogen and oxygen atoms in total. The molecule has 3 rings (SSSR count). The lowest BCUT2D eigenvalue weighted by atomic mass is 10.1. The molecular weight excluding hydrogens is 314 g/mol. The zero-order valence-corrected chi connectivity index (χ0v) is 13.9. The van der Waals surface area contributed by atoms with Crippen LogP contribution in [0.3, 0.4) is 0 Å². The monoisotopic (exact) mass is 333 g/mol. The molecule has 0 spiro atoms. The maximum Gasteiger partial charge on any atom is 0.256 e. The molecule has 1 atom stereocenters. The smallest absolute Gasteiger partial charge is 0.256 e. The zero-order chi connectivity index (χ0) is 16.6. The number of aryl methyl sites for hydroxylation is 2. The standard InChI is InChI=1S/C16H19N3O3S/c1-11-4-3-5-13(8-11)16(20)17-15-9-12(2)18-19(15)14-6-7-23(21,22)10-14/h3-5,8-9,14H,6-7,10H2,1-2H3,(H,17,20). The first kappa shape index (κ1) is 15.7. The number of carbonyl (C=O) groups is 1. The van der Waals surface area contributed by atoms with Crippen LogP contribution in [0.15, 0.2) is 30.3 Å². The summed E-state index contributed by atoms with van der Waals surface area (Å²) in [6.45, 7) is 3.75. The van der Waals surface area contributed by atoms with E-state index in [4.69, 9.17) is 0 Å². The van der Waals surface area contributed by atoms with Crippen molar-refractivity contribution in [3.05, 3.63) is 47.2 Å². The molecule has 0 radical (unpaired) electrons. The van der Waals surface area contributed by atoms with Crippen LogP contribution in [0.5, 0.6) is 0 Å². The summed E-state index contributed by atoms with van der Waals surface area (Å²) < 4.78 is 25.0. The van der Waals surface area contributed by atoms with E-state index in [-0.39, 0.29) is 23.5 Å². The van der Waals surface area contributed by atoms with Gasteiger partial charge in [-0.25, -0.2) is 13.1 Å². The summed E-state index contributed by atoms with van der Waals surface area (Å²) in [4.78, 5) is 12.4. The first-order chi connectivity index (χ1) is 10.8. The van der Waals surface area contributed by atoms with Gasteiger partial charge >= 0.3 is 0 Å². The zero-order valence-electron chi connectivity index (χ0n) is 13.1. The topological polar surface area (TPSA) is 81.1 Å². The summed E-state index contributed by atoms with van der Waals surface area (Å²) >= 11 is 0. The minimum absolute atomic E-state index is 0.0709. The first-order valence-electron chi connectivity index (χ1n) is 7.49. The van der Waals surface area contributed by atoms with Crippen molar-refractivity contribution in [2.45, 2.75) is 26.3 Å². The van der Waals surface area contributed by atoms with Gasteiger partial charge < -0.3 is 5.32 Å². The minimum Gasteiger partial charge on any atom is -0.307 e. The van der Waals surface area contributed by atoms with Gasteiger partial charge in [-0.05, 0) is 32.4 Å². The second kappa shape index (κ2) is 5.81. The van der Waals surface area contributed by atoms with Gasteiger partial charge in [0.1, 0.15) is 5.82 Å². The Morgan fingerprint density at radius 1 is 1.30 bits per heavy atom. The molecule has 1 aromatic heterocycles. The Morgan fingerprint density at radius 2 is 2.09 bits per heavy atom. The third-order valence-electron chi connectivity index (χ3n) is 3.93. The predicted octanol–water partition coefficient (Wildman–Crippen LogP) is 2.11. The lowest BCUT2D eigenvalue weighted by molar-refractivity contribution is 0.102. The summed E-state index contributed by atoms with van der Waals surface area (Å²) in [6.07, 6.45) is 0.525. The van der Waals surface area contributed by atoms with E-state index in [2.05, 4.69) is 10.4 Å². The molecule has 23 heavy (non-hydrogen) atoms. The average molecular weight is 333 g/mol. The van der Waals surface area contributed by atoms with Crippen LogP contribution in [0.4, 0.5) is 5.82 Å². The Kier molecular flexibility index (Phi) is 3.97. The Balaban J connectivity index is 1.85. The van der Waals surface area contributed by atoms with Crippen molar-refractivity contribution in [3.8, 4) is 0 Å². The van der Waals surface area contributed by atoms with Gasteiger partial charge in [-0.2, -0.15) is 5.10 Å².